The minimum atomic E-state index is -0.664. The van der Waals surface area contributed by atoms with Crippen LogP contribution in [0.5, 0.6) is 0 Å². The van der Waals surface area contributed by atoms with Crippen LogP contribution in [0.2, 0.25) is 0 Å². The summed E-state index contributed by atoms with van der Waals surface area (Å²) < 4.78 is 16.6. The van der Waals surface area contributed by atoms with Crippen LogP contribution in [0.3, 0.4) is 0 Å². The van der Waals surface area contributed by atoms with Gasteiger partial charge in [-0.25, -0.2) is 0 Å². The standard InChI is InChI=1S/C15H26O4/c1-12(2)6-8-15(9-7-13(16)17-5)18-10-14(3,4)11-19-15/h1,6-11H2,2-5H3. The molecule has 1 aliphatic heterocycles. The quantitative estimate of drug-likeness (QED) is 0.549. The lowest BCUT2D eigenvalue weighted by molar-refractivity contribution is -0.304. The lowest BCUT2D eigenvalue weighted by atomic mass is 9.92. The van der Waals surface area contributed by atoms with Crippen LogP contribution in [0.4, 0.5) is 0 Å². The number of allylic oxidation sites excluding steroid dienone is 1. The fraction of sp³-hybridized carbons (Fsp3) is 0.800. The van der Waals surface area contributed by atoms with E-state index in [1.54, 1.807) is 0 Å². The molecular formula is C15H26O4. The van der Waals surface area contributed by atoms with Crippen LogP contribution in [-0.2, 0) is 19.0 Å². The van der Waals surface area contributed by atoms with E-state index in [9.17, 15) is 4.79 Å². The Kier molecular flexibility index (Phi) is 5.56. The molecule has 0 bridgehead atoms. The minimum absolute atomic E-state index is 0.0258. The van der Waals surface area contributed by atoms with Crippen molar-refractivity contribution >= 4 is 5.97 Å². The SMILES string of the molecule is C=C(C)CCC1(CCC(=O)OC)OCC(C)(C)CO1. The van der Waals surface area contributed by atoms with Crippen LogP contribution in [0, 0.1) is 5.41 Å². The first-order valence-corrected chi connectivity index (χ1v) is 6.78. The van der Waals surface area contributed by atoms with E-state index in [4.69, 9.17) is 9.47 Å². The number of rotatable bonds is 6. The van der Waals surface area contributed by atoms with E-state index in [-0.39, 0.29) is 11.4 Å². The van der Waals surface area contributed by atoms with Crippen molar-refractivity contribution in [3.8, 4) is 0 Å². The Hall–Kier alpha value is -0.870. The second-order valence-corrected chi connectivity index (χ2v) is 6.19. The predicted octanol–water partition coefficient (Wildman–Crippen LogP) is 3.07. The molecule has 0 atom stereocenters. The molecule has 0 unspecified atom stereocenters. The van der Waals surface area contributed by atoms with Crippen LogP contribution in [-0.4, -0.2) is 32.1 Å². The van der Waals surface area contributed by atoms with Crippen LogP contribution < -0.4 is 0 Å². The molecule has 1 saturated heterocycles. The summed E-state index contributed by atoms with van der Waals surface area (Å²) in [5.41, 5.74) is 1.12. The summed E-state index contributed by atoms with van der Waals surface area (Å²) in [6.45, 7) is 11.4. The number of esters is 1. The average molecular weight is 270 g/mol. The number of carbonyl (C=O) groups is 1. The smallest absolute Gasteiger partial charge is 0.305 e. The molecular weight excluding hydrogens is 244 g/mol. The van der Waals surface area contributed by atoms with Crippen LogP contribution in [0.1, 0.15) is 46.5 Å². The minimum Gasteiger partial charge on any atom is -0.469 e. The zero-order chi connectivity index (χ0) is 14.5. The summed E-state index contributed by atoms with van der Waals surface area (Å²) in [6, 6.07) is 0. The molecule has 0 aromatic carbocycles. The molecule has 1 rings (SSSR count). The van der Waals surface area contributed by atoms with E-state index in [0.717, 1.165) is 18.4 Å². The van der Waals surface area contributed by atoms with Gasteiger partial charge in [0.05, 0.1) is 26.7 Å². The Morgan fingerprint density at radius 1 is 1.21 bits per heavy atom. The van der Waals surface area contributed by atoms with Gasteiger partial charge in [-0.1, -0.05) is 19.4 Å². The zero-order valence-corrected chi connectivity index (χ0v) is 12.6. The third-order valence-electron chi connectivity index (χ3n) is 3.32. The van der Waals surface area contributed by atoms with Gasteiger partial charge in [0, 0.05) is 18.3 Å². The molecule has 1 aliphatic rings. The van der Waals surface area contributed by atoms with Crippen molar-refractivity contribution in [2.45, 2.75) is 52.2 Å². The Labute approximate surface area is 116 Å². The van der Waals surface area contributed by atoms with Crippen LogP contribution in [0.25, 0.3) is 0 Å². The second kappa shape index (κ2) is 6.53. The average Bonchev–Trinajstić information content (AvgIpc) is 2.36. The summed E-state index contributed by atoms with van der Waals surface area (Å²) >= 11 is 0. The first kappa shape index (κ1) is 16.2. The highest BCUT2D eigenvalue weighted by Gasteiger charge is 2.40. The third-order valence-corrected chi connectivity index (χ3v) is 3.32. The molecule has 4 heteroatoms. The van der Waals surface area contributed by atoms with Crippen molar-refractivity contribution in [2.24, 2.45) is 5.41 Å². The maximum atomic E-state index is 11.3. The van der Waals surface area contributed by atoms with Gasteiger partial charge in [0.1, 0.15) is 0 Å². The van der Waals surface area contributed by atoms with Gasteiger partial charge in [-0.2, -0.15) is 0 Å². The molecule has 0 amide bonds. The maximum absolute atomic E-state index is 11.3. The largest absolute Gasteiger partial charge is 0.469 e. The lowest BCUT2D eigenvalue weighted by Crippen LogP contribution is -2.47. The summed E-state index contributed by atoms with van der Waals surface area (Å²) in [5.74, 6) is -0.894. The van der Waals surface area contributed by atoms with Gasteiger partial charge in [0.25, 0.3) is 0 Å². The van der Waals surface area contributed by atoms with Gasteiger partial charge >= 0.3 is 5.97 Å². The topological polar surface area (TPSA) is 44.8 Å². The fourth-order valence-electron chi connectivity index (χ4n) is 1.95. The van der Waals surface area contributed by atoms with Crippen molar-refractivity contribution < 1.29 is 19.0 Å². The Morgan fingerprint density at radius 3 is 2.21 bits per heavy atom. The molecule has 0 aromatic rings. The Balaban J connectivity index is 2.63. The van der Waals surface area contributed by atoms with E-state index in [2.05, 4.69) is 25.2 Å². The van der Waals surface area contributed by atoms with E-state index < -0.39 is 5.79 Å². The highest BCUT2D eigenvalue weighted by molar-refractivity contribution is 5.69. The summed E-state index contributed by atoms with van der Waals surface area (Å²) in [5, 5.41) is 0. The highest BCUT2D eigenvalue weighted by Crippen LogP contribution is 2.36. The Morgan fingerprint density at radius 2 is 1.74 bits per heavy atom. The van der Waals surface area contributed by atoms with Gasteiger partial charge in [-0.05, 0) is 13.3 Å². The molecule has 0 spiro atoms. The molecule has 19 heavy (non-hydrogen) atoms. The van der Waals surface area contributed by atoms with Crippen molar-refractivity contribution in [2.75, 3.05) is 20.3 Å². The van der Waals surface area contributed by atoms with Crippen molar-refractivity contribution in [3.05, 3.63) is 12.2 Å². The maximum Gasteiger partial charge on any atom is 0.305 e. The van der Waals surface area contributed by atoms with Gasteiger partial charge in [0.15, 0.2) is 5.79 Å². The predicted molar refractivity (Wildman–Crippen MR) is 73.7 cm³/mol. The molecule has 0 saturated carbocycles. The first-order chi connectivity index (χ1) is 8.79. The molecule has 0 N–H and O–H groups in total. The lowest BCUT2D eigenvalue weighted by Gasteiger charge is -2.43. The van der Waals surface area contributed by atoms with Gasteiger partial charge in [-0.15, -0.1) is 6.58 Å². The van der Waals surface area contributed by atoms with E-state index >= 15 is 0 Å². The summed E-state index contributed by atoms with van der Waals surface area (Å²) in [4.78, 5) is 11.3. The van der Waals surface area contributed by atoms with E-state index in [1.165, 1.54) is 7.11 Å². The second-order valence-electron chi connectivity index (χ2n) is 6.19. The molecule has 4 nitrogen and oxygen atoms in total. The number of hydrogen-bond donors (Lipinski definition) is 0. The van der Waals surface area contributed by atoms with Gasteiger partial charge in [-0.3, -0.25) is 4.79 Å². The van der Waals surface area contributed by atoms with E-state index in [1.807, 2.05) is 6.92 Å². The molecule has 1 fully saturated rings. The van der Waals surface area contributed by atoms with Crippen molar-refractivity contribution in [1.29, 1.82) is 0 Å². The van der Waals surface area contributed by atoms with Gasteiger partial charge in [0.2, 0.25) is 0 Å². The number of carbonyl (C=O) groups excluding carboxylic acids is 1. The zero-order valence-electron chi connectivity index (χ0n) is 12.6. The molecule has 0 aromatic heterocycles. The summed E-state index contributed by atoms with van der Waals surface area (Å²) in [7, 11) is 1.40. The van der Waals surface area contributed by atoms with Crippen LogP contribution in [0.15, 0.2) is 12.2 Å². The molecule has 1 heterocycles. The molecule has 110 valence electrons. The van der Waals surface area contributed by atoms with Crippen molar-refractivity contribution in [1.82, 2.24) is 0 Å². The summed E-state index contributed by atoms with van der Waals surface area (Å²) in [6.07, 6.45) is 2.41. The van der Waals surface area contributed by atoms with Crippen molar-refractivity contribution in [3.63, 3.8) is 0 Å². The van der Waals surface area contributed by atoms with Gasteiger partial charge < -0.3 is 14.2 Å². The Bertz CT molecular complexity index is 323. The molecule has 0 aliphatic carbocycles. The third kappa shape index (κ3) is 5.33. The molecule has 0 radical (unpaired) electrons. The van der Waals surface area contributed by atoms with Crippen LogP contribution >= 0.6 is 0 Å². The number of methoxy groups -OCH3 is 1. The fourth-order valence-corrected chi connectivity index (χ4v) is 1.95. The normalized spacial score (nSPS) is 20.8. The first-order valence-electron chi connectivity index (χ1n) is 6.78. The van der Waals surface area contributed by atoms with E-state index in [0.29, 0.717) is 26.1 Å². The number of ether oxygens (including phenoxy) is 3. The number of hydrogen-bond acceptors (Lipinski definition) is 4. The highest BCUT2D eigenvalue weighted by atomic mass is 16.7. The monoisotopic (exact) mass is 270 g/mol.